The Balaban J connectivity index is 2.92. The van der Waals surface area contributed by atoms with Crippen LogP contribution in [0.4, 0.5) is 5.69 Å². The fourth-order valence-electron chi connectivity index (χ4n) is 2.38. The van der Waals surface area contributed by atoms with Gasteiger partial charge in [-0.3, -0.25) is 4.79 Å². The predicted octanol–water partition coefficient (Wildman–Crippen LogP) is 3.40. The summed E-state index contributed by atoms with van der Waals surface area (Å²) in [6, 6.07) is 4.40. The number of anilines is 1. The first-order valence-corrected chi connectivity index (χ1v) is 7.16. The highest BCUT2D eigenvalue weighted by Gasteiger charge is 2.22. The molecule has 0 saturated carbocycles. The molecule has 0 bridgehead atoms. The van der Waals surface area contributed by atoms with Gasteiger partial charge in [-0.05, 0) is 24.1 Å². The summed E-state index contributed by atoms with van der Waals surface area (Å²) in [5.74, 6) is -0.542. The van der Waals surface area contributed by atoms with Crippen molar-refractivity contribution in [2.24, 2.45) is 11.8 Å². The van der Waals surface area contributed by atoms with E-state index < -0.39 is 5.97 Å². The number of carboxylic acid groups (broad SMARTS) is 1. The van der Waals surface area contributed by atoms with Crippen LogP contribution in [-0.2, 0) is 4.79 Å². The number of nitrogens with one attached hydrogen (secondary N) is 1. The SMILES string of the molecule is CCC(CC)C(C)C(=O)Nc1ccc(C(=O)O)cc1OC. The minimum atomic E-state index is -1.03. The molecule has 116 valence electrons. The van der Waals surface area contributed by atoms with Crippen molar-refractivity contribution >= 4 is 17.6 Å². The number of ether oxygens (including phenoxy) is 1. The fourth-order valence-corrected chi connectivity index (χ4v) is 2.38. The Labute approximate surface area is 125 Å². The minimum Gasteiger partial charge on any atom is -0.495 e. The van der Waals surface area contributed by atoms with Crippen molar-refractivity contribution in [2.75, 3.05) is 12.4 Å². The second kappa shape index (κ2) is 7.67. The van der Waals surface area contributed by atoms with Crippen LogP contribution in [-0.4, -0.2) is 24.1 Å². The van der Waals surface area contributed by atoms with Gasteiger partial charge in [0.15, 0.2) is 0 Å². The smallest absolute Gasteiger partial charge is 0.335 e. The van der Waals surface area contributed by atoms with Crippen LogP contribution < -0.4 is 10.1 Å². The quantitative estimate of drug-likeness (QED) is 0.808. The van der Waals surface area contributed by atoms with E-state index in [4.69, 9.17) is 9.84 Å². The van der Waals surface area contributed by atoms with Gasteiger partial charge in [0, 0.05) is 5.92 Å². The second-order valence-electron chi connectivity index (χ2n) is 5.07. The maximum atomic E-state index is 12.3. The fraction of sp³-hybridized carbons (Fsp3) is 0.500. The van der Waals surface area contributed by atoms with E-state index in [1.54, 1.807) is 6.07 Å². The molecular formula is C16H23NO4. The van der Waals surface area contributed by atoms with E-state index in [-0.39, 0.29) is 17.4 Å². The number of amides is 1. The van der Waals surface area contributed by atoms with Gasteiger partial charge in [0.2, 0.25) is 5.91 Å². The van der Waals surface area contributed by atoms with Gasteiger partial charge < -0.3 is 15.2 Å². The molecule has 1 atom stereocenters. The lowest BCUT2D eigenvalue weighted by atomic mass is 9.88. The average Bonchev–Trinajstić information content (AvgIpc) is 2.48. The van der Waals surface area contributed by atoms with Crippen LogP contribution in [0.2, 0.25) is 0 Å². The number of benzene rings is 1. The Morgan fingerprint density at radius 2 is 1.90 bits per heavy atom. The largest absolute Gasteiger partial charge is 0.495 e. The molecule has 0 fully saturated rings. The van der Waals surface area contributed by atoms with E-state index in [1.165, 1.54) is 19.2 Å². The second-order valence-corrected chi connectivity index (χ2v) is 5.07. The zero-order chi connectivity index (χ0) is 16.0. The number of hydrogen-bond acceptors (Lipinski definition) is 3. The van der Waals surface area contributed by atoms with Crippen molar-refractivity contribution in [1.82, 2.24) is 0 Å². The zero-order valence-electron chi connectivity index (χ0n) is 13.0. The molecule has 1 aromatic rings. The number of methoxy groups -OCH3 is 1. The highest BCUT2D eigenvalue weighted by molar-refractivity contribution is 5.95. The van der Waals surface area contributed by atoms with Crippen molar-refractivity contribution < 1.29 is 19.4 Å². The molecule has 0 aromatic heterocycles. The van der Waals surface area contributed by atoms with Crippen molar-refractivity contribution in [2.45, 2.75) is 33.6 Å². The summed E-state index contributed by atoms with van der Waals surface area (Å²) >= 11 is 0. The third-order valence-electron chi connectivity index (χ3n) is 3.88. The predicted molar refractivity (Wildman–Crippen MR) is 81.8 cm³/mol. The molecule has 1 rings (SSSR count). The normalized spacial score (nSPS) is 12.0. The average molecular weight is 293 g/mol. The van der Waals surface area contributed by atoms with Crippen LogP contribution in [0.15, 0.2) is 18.2 Å². The van der Waals surface area contributed by atoms with E-state index in [1.807, 2.05) is 6.92 Å². The summed E-state index contributed by atoms with van der Waals surface area (Å²) in [7, 11) is 1.45. The van der Waals surface area contributed by atoms with Gasteiger partial charge in [0.05, 0.1) is 18.4 Å². The first-order chi connectivity index (χ1) is 9.94. The van der Waals surface area contributed by atoms with Gasteiger partial charge >= 0.3 is 5.97 Å². The number of carbonyl (C=O) groups is 2. The van der Waals surface area contributed by atoms with Gasteiger partial charge in [-0.2, -0.15) is 0 Å². The Morgan fingerprint density at radius 3 is 2.38 bits per heavy atom. The van der Waals surface area contributed by atoms with Crippen LogP contribution >= 0.6 is 0 Å². The van der Waals surface area contributed by atoms with Crippen LogP contribution in [0.3, 0.4) is 0 Å². The lowest BCUT2D eigenvalue weighted by Crippen LogP contribution is -2.26. The van der Waals surface area contributed by atoms with E-state index in [0.717, 1.165) is 12.8 Å². The summed E-state index contributed by atoms with van der Waals surface area (Å²) in [5.41, 5.74) is 0.614. The van der Waals surface area contributed by atoms with Gasteiger partial charge in [0.1, 0.15) is 5.75 Å². The molecule has 1 unspecified atom stereocenters. The Hall–Kier alpha value is -2.04. The van der Waals surface area contributed by atoms with Gasteiger partial charge in [-0.25, -0.2) is 4.79 Å². The van der Waals surface area contributed by atoms with Crippen LogP contribution in [0.25, 0.3) is 0 Å². The molecule has 0 aliphatic rings. The first kappa shape index (κ1) is 17.0. The summed E-state index contributed by atoms with van der Waals surface area (Å²) < 4.78 is 5.15. The lowest BCUT2D eigenvalue weighted by molar-refractivity contribution is -0.121. The van der Waals surface area contributed by atoms with Crippen LogP contribution in [0, 0.1) is 11.8 Å². The van der Waals surface area contributed by atoms with Gasteiger partial charge in [-0.1, -0.05) is 33.6 Å². The Kier molecular flexibility index (Phi) is 6.21. The van der Waals surface area contributed by atoms with Gasteiger partial charge in [-0.15, -0.1) is 0 Å². The minimum absolute atomic E-state index is 0.0786. The lowest BCUT2D eigenvalue weighted by Gasteiger charge is -2.21. The van der Waals surface area contributed by atoms with Crippen molar-refractivity contribution in [1.29, 1.82) is 0 Å². The first-order valence-electron chi connectivity index (χ1n) is 7.16. The van der Waals surface area contributed by atoms with Crippen molar-refractivity contribution in [3.8, 4) is 5.75 Å². The third-order valence-corrected chi connectivity index (χ3v) is 3.88. The summed E-state index contributed by atoms with van der Waals surface area (Å²) in [6.45, 7) is 6.05. The van der Waals surface area contributed by atoms with Crippen LogP contribution in [0.5, 0.6) is 5.75 Å². The third kappa shape index (κ3) is 4.21. The molecule has 0 radical (unpaired) electrons. The molecule has 1 aromatic carbocycles. The van der Waals surface area contributed by atoms with E-state index in [2.05, 4.69) is 19.2 Å². The molecule has 2 N–H and O–H groups in total. The molecule has 1 amide bonds. The maximum Gasteiger partial charge on any atom is 0.335 e. The molecule has 5 nitrogen and oxygen atoms in total. The molecule has 0 spiro atoms. The molecule has 5 heteroatoms. The monoisotopic (exact) mass is 293 g/mol. The summed E-state index contributed by atoms with van der Waals surface area (Å²) in [6.07, 6.45) is 1.89. The summed E-state index contributed by atoms with van der Waals surface area (Å²) in [4.78, 5) is 23.2. The molecule has 0 saturated heterocycles. The van der Waals surface area contributed by atoms with Gasteiger partial charge in [0.25, 0.3) is 0 Å². The van der Waals surface area contributed by atoms with E-state index in [0.29, 0.717) is 17.4 Å². The Bertz CT molecular complexity index is 509. The van der Waals surface area contributed by atoms with E-state index >= 15 is 0 Å². The van der Waals surface area contributed by atoms with Crippen molar-refractivity contribution in [3.05, 3.63) is 23.8 Å². The molecule has 21 heavy (non-hydrogen) atoms. The van der Waals surface area contributed by atoms with Crippen molar-refractivity contribution in [3.63, 3.8) is 0 Å². The molecule has 0 aliphatic heterocycles. The molecular weight excluding hydrogens is 270 g/mol. The molecule has 0 heterocycles. The maximum absolute atomic E-state index is 12.3. The number of aromatic carboxylic acids is 1. The highest BCUT2D eigenvalue weighted by atomic mass is 16.5. The topological polar surface area (TPSA) is 75.6 Å². The number of hydrogen-bond donors (Lipinski definition) is 2. The zero-order valence-corrected chi connectivity index (χ0v) is 13.0. The number of rotatable bonds is 7. The Morgan fingerprint density at radius 1 is 1.29 bits per heavy atom. The highest BCUT2D eigenvalue weighted by Crippen LogP contribution is 2.27. The number of carbonyl (C=O) groups excluding carboxylic acids is 1. The number of carboxylic acids is 1. The van der Waals surface area contributed by atoms with Crippen LogP contribution in [0.1, 0.15) is 44.0 Å². The summed E-state index contributed by atoms with van der Waals surface area (Å²) in [5, 5.41) is 11.8. The standard InChI is InChI=1S/C16H23NO4/c1-5-11(6-2)10(3)15(18)17-13-8-7-12(16(19)20)9-14(13)21-4/h7-11H,5-6H2,1-4H3,(H,17,18)(H,19,20). The van der Waals surface area contributed by atoms with E-state index in [9.17, 15) is 9.59 Å². The molecule has 0 aliphatic carbocycles.